The lowest BCUT2D eigenvalue weighted by Crippen LogP contribution is -2.47. The summed E-state index contributed by atoms with van der Waals surface area (Å²) in [6, 6.07) is 9.16. The molecule has 2 aliphatic rings. The lowest BCUT2D eigenvalue weighted by molar-refractivity contribution is -0.127. The number of allylic oxidation sites excluding steroid dienone is 2. The molecule has 2 aliphatic carbocycles. The Kier molecular flexibility index (Phi) is 9.59. The number of nitrogens with zero attached hydrogens (tertiary/aromatic N) is 2. The van der Waals surface area contributed by atoms with Crippen molar-refractivity contribution in [3.8, 4) is 6.07 Å². The van der Waals surface area contributed by atoms with Crippen molar-refractivity contribution in [3.05, 3.63) is 77.3 Å². The first kappa shape index (κ1) is 32.0. The number of amides is 3. The fourth-order valence-corrected chi connectivity index (χ4v) is 5.19. The summed E-state index contributed by atoms with van der Waals surface area (Å²) in [5, 5.41) is 16.9. The molecule has 0 aliphatic heterocycles. The van der Waals surface area contributed by atoms with Gasteiger partial charge in [0.1, 0.15) is 29.1 Å². The molecule has 1 aromatic heterocycles. The number of anilines is 2. The first-order valence-corrected chi connectivity index (χ1v) is 14.3. The predicted octanol–water partition coefficient (Wildman–Crippen LogP) is 4.39. The average Bonchev–Trinajstić information content (AvgIpc) is 3.74. The highest BCUT2D eigenvalue weighted by molar-refractivity contribution is 5.97. The lowest BCUT2D eigenvalue weighted by atomic mass is 9.73. The molecule has 12 heteroatoms. The number of carbonyl (C=O) groups is 4. The number of urea groups is 1. The fraction of sp³-hybridized carbons (Fsp3) is 0.375. The number of nitrogens with two attached hydrogens (primary N) is 1. The van der Waals surface area contributed by atoms with Crippen molar-refractivity contribution in [1.82, 2.24) is 10.3 Å². The molecule has 1 heterocycles. The number of Topliss-reactive ketones (excluding diaryl/α,β-unsaturated/α-hetero) is 1. The number of ether oxygens (including phenoxy) is 1. The molecule has 0 radical (unpaired) electrons. The van der Waals surface area contributed by atoms with Gasteiger partial charge in [-0.05, 0) is 55.7 Å². The molecule has 0 saturated heterocycles. The van der Waals surface area contributed by atoms with E-state index in [9.17, 15) is 19.2 Å². The van der Waals surface area contributed by atoms with E-state index >= 15 is 4.39 Å². The van der Waals surface area contributed by atoms with Gasteiger partial charge in [0.2, 0.25) is 5.91 Å². The number of pyridine rings is 1. The van der Waals surface area contributed by atoms with Gasteiger partial charge < -0.3 is 21.1 Å². The quantitative estimate of drug-likeness (QED) is 0.289. The Balaban J connectivity index is 1.53. The van der Waals surface area contributed by atoms with Crippen molar-refractivity contribution in [1.29, 1.82) is 5.26 Å². The average molecular weight is 603 g/mol. The summed E-state index contributed by atoms with van der Waals surface area (Å²) in [4.78, 5) is 55.6. The number of halogens is 1. The highest BCUT2D eigenvalue weighted by Crippen LogP contribution is 2.51. The molecule has 4 rings (SSSR count). The monoisotopic (exact) mass is 602 g/mol. The molecule has 1 fully saturated rings. The number of benzene rings is 1. The standard InChI is InChI=1S/C32H35FN6O5/c1-5-25(40)22-10-11-23(33)27(21-14-24(21)38-31(43)39-26-12-9-18(15-34)16-36-26)32(22,4)44-30(42)19-7-6-8-20(13-19)37-29(41)28(35)17(2)3/h6-13,16-17,21-22,24,28H,5,14,35H2,1-4H3,(H,37,41)(H2,36,38,39,43)/t21-,22?,24?,28?,32?/m1/s1. The minimum absolute atomic E-state index is 0.0823. The van der Waals surface area contributed by atoms with Gasteiger partial charge in [0, 0.05) is 35.8 Å². The highest BCUT2D eigenvalue weighted by Gasteiger charge is 2.55. The normalized spacial score (nSPS) is 22.9. The fourth-order valence-electron chi connectivity index (χ4n) is 5.19. The van der Waals surface area contributed by atoms with Gasteiger partial charge >= 0.3 is 12.0 Å². The second-order valence-electron chi connectivity index (χ2n) is 11.3. The second-order valence-corrected chi connectivity index (χ2v) is 11.3. The summed E-state index contributed by atoms with van der Waals surface area (Å²) in [6.07, 6.45) is 4.39. The number of carbonyl (C=O) groups excluding carboxylic acids is 4. The van der Waals surface area contributed by atoms with Gasteiger partial charge in [0.15, 0.2) is 0 Å². The van der Waals surface area contributed by atoms with E-state index in [0.29, 0.717) is 17.7 Å². The largest absolute Gasteiger partial charge is 0.450 e. The van der Waals surface area contributed by atoms with E-state index in [1.165, 1.54) is 49.5 Å². The van der Waals surface area contributed by atoms with E-state index in [0.717, 1.165) is 0 Å². The number of ketones is 1. The molecule has 5 atom stereocenters. The van der Waals surface area contributed by atoms with Crippen molar-refractivity contribution < 1.29 is 28.3 Å². The third-order valence-electron chi connectivity index (χ3n) is 7.82. The number of hydrogen-bond acceptors (Lipinski definition) is 8. The van der Waals surface area contributed by atoms with Crippen LogP contribution in [0.4, 0.5) is 20.7 Å². The van der Waals surface area contributed by atoms with E-state index in [4.69, 9.17) is 15.7 Å². The topological polar surface area (TPSA) is 176 Å². The van der Waals surface area contributed by atoms with Crippen molar-refractivity contribution in [3.63, 3.8) is 0 Å². The molecule has 1 saturated carbocycles. The van der Waals surface area contributed by atoms with Crippen LogP contribution >= 0.6 is 0 Å². The van der Waals surface area contributed by atoms with Gasteiger partial charge in [-0.1, -0.05) is 32.9 Å². The molecular formula is C32H35FN6O5. The molecule has 0 spiro atoms. The van der Waals surface area contributed by atoms with E-state index in [1.807, 2.05) is 19.9 Å². The van der Waals surface area contributed by atoms with Crippen LogP contribution in [0.15, 0.2) is 66.1 Å². The lowest BCUT2D eigenvalue weighted by Gasteiger charge is -2.39. The van der Waals surface area contributed by atoms with Crippen LogP contribution < -0.4 is 21.7 Å². The molecule has 3 amide bonds. The molecule has 5 N–H and O–H groups in total. The van der Waals surface area contributed by atoms with Crippen molar-refractivity contribution >= 4 is 35.2 Å². The van der Waals surface area contributed by atoms with Crippen LogP contribution in [0.5, 0.6) is 0 Å². The number of esters is 1. The highest BCUT2D eigenvalue weighted by atomic mass is 19.1. The van der Waals surface area contributed by atoms with Crippen LogP contribution in [0.25, 0.3) is 0 Å². The van der Waals surface area contributed by atoms with Gasteiger partial charge in [-0.15, -0.1) is 0 Å². The Bertz CT molecular complexity index is 1560. The number of nitriles is 1. The van der Waals surface area contributed by atoms with Gasteiger partial charge in [0.05, 0.1) is 23.1 Å². The molecule has 230 valence electrons. The number of nitrogens with one attached hydrogen (secondary N) is 3. The van der Waals surface area contributed by atoms with Crippen LogP contribution in [-0.2, 0) is 14.3 Å². The van der Waals surface area contributed by atoms with Crippen LogP contribution in [0.1, 0.15) is 56.5 Å². The first-order valence-electron chi connectivity index (χ1n) is 14.3. The Morgan fingerprint density at radius 2 is 1.95 bits per heavy atom. The van der Waals surface area contributed by atoms with Crippen LogP contribution in [0, 0.1) is 29.1 Å². The van der Waals surface area contributed by atoms with Crippen LogP contribution in [-0.4, -0.2) is 46.4 Å². The zero-order valence-corrected chi connectivity index (χ0v) is 24.9. The Morgan fingerprint density at radius 3 is 2.59 bits per heavy atom. The maximum atomic E-state index is 15.6. The summed E-state index contributed by atoms with van der Waals surface area (Å²) in [7, 11) is 0. The zero-order valence-electron chi connectivity index (χ0n) is 24.9. The number of hydrogen-bond donors (Lipinski definition) is 4. The zero-order chi connectivity index (χ0) is 32.2. The summed E-state index contributed by atoms with van der Waals surface area (Å²) >= 11 is 0. The smallest absolute Gasteiger partial charge is 0.339 e. The molecule has 44 heavy (non-hydrogen) atoms. The maximum Gasteiger partial charge on any atom is 0.339 e. The van der Waals surface area contributed by atoms with Crippen LogP contribution in [0.3, 0.4) is 0 Å². The third-order valence-corrected chi connectivity index (χ3v) is 7.82. The van der Waals surface area contributed by atoms with Gasteiger partial charge in [0.25, 0.3) is 0 Å². The van der Waals surface area contributed by atoms with E-state index in [1.54, 1.807) is 19.1 Å². The summed E-state index contributed by atoms with van der Waals surface area (Å²) in [5.74, 6) is -3.52. The minimum atomic E-state index is -1.69. The molecule has 4 unspecified atom stereocenters. The number of rotatable bonds is 10. The predicted molar refractivity (Wildman–Crippen MR) is 161 cm³/mol. The molecule has 11 nitrogen and oxygen atoms in total. The first-order chi connectivity index (χ1) is 20.9. The van der Waals surface area contributed by atoms with E-state index < -0.39 is 53.3 Å². The van der Waals surface area contributed by atoms with Crippen LogP contribution in [0.2, 0.25) is 0 Å². The van der Waals surface area contributed by atoms with E-state index in [-0.39, 0.29) is 35.1 Å². The molecule has 2 aromatic rings. The van der Waals surface area contributed by atoms with Gasteiger partial charge in [-0.3, -0.25) is 14.9 Å². The summed E-state index contributed by atoms with van der Waals surface area (Å²) in [5.41, 5.74) is 5.09. The SMILES string of the molecule is CCC(=O)C1C=CC(F)=C([C@@H]2CC2NC(=O)Nc2ccc(C#N)cn2)C1(C)OC(=O)c1cccc(NC(=O)C(N)C(C)C)c1. The van der Waals surface area contributed by atoms with Crippen molar-refractivity contribution in [2.24, 2.45) is 23.5 Å². The Hall–Kier alpha value is -4.89. The second kappa shape index (κ2) is 13.2. The Labute approximate surface area is 254 Å². The van der Waals surface area contributed by atoms with Gasteiger partial charge in [-0.2, -0.15) is 5.26 Å². The van der Waals surface area contributed by atoms with Crippen molar-refractivity contribution in [2.45, 2.75) is 58.2 Å². The molecule has 1 aromatic carbocycles. The summed E-state index contributed by atoms with van der Waals surface area (Å²) in [6.45, 7) is 6.80. The van der Waals surface area contributed by atoms with Crippen molar-refractivity contribution in [2.75, 3.05) is 10.6 Å². The summed E-state index contributed by atoms with van der Waals surface area (Å²) < 4.78 is 21.6. The van der Waals surface area contributed by atoms with E-state index in [2.05, 4.69) is 20.9 Å². The third kappa shape index (κ3) is 7.01. The number of aromatic nitrogens is 1. The Morgan fingerprint density at radius 1 is 1.20 bits per heavy atom. The minimum Gasteiger partial charge on any atom is -0.450 e. The molecule has 0 bridgehead atoms. The molecular weight excluding hydrogens is 567 g/mol. The van der Waals surface area contributed by atoms with Gasteiger partial charge in [-0.25, -0.2) is 19.0 Å². The maximum absolute atomic E-state index is 15.6.